The molecule has 0 N–H and O–H groups in total. The summed E-state index contributed by atoms with van der Waals surface area (Å²) >= 11 is 6.67. The van der Waals surface area contributed by atoms with Crippen LogP contribution in [0.2, 0.25) is 5.02 Å². The molecule has 0 unspecified atom stereocenters. The first-order chi connectivity index (χ1) is 14.6. The minimum atomic E-state index is -0.635. The van der Waals surface area contributed by atoms with E-state index < -0.39 is 5.79 Å². The Morgan fingerprint density at radius 2 is 2.03 bits per heavy atom. The van der Waals surface area contributed by atoms with Crippen molar-refractivity contribution in [1.29, 1.82) is 0 Å². The molecule has 3 heterocycles. The van der Waals surface area contributed by atoms with Crippen LogP contribution in [0.3, 0.4) is 0 Å². The Balaban J connectivity index is 1.39. The summed E-state index contributed by atoms with van der Waals surface area (Å²) in [7, 11) is 0. The fourth-order valence-corrected chi connectivity index (χ4v) is 4.63. The van der Waals surface area contributed by atoms with Crippen molar-refractivity contribution in [3.63, 3.8) is 0 Å². The van der Waals surface area contributed by atoms with E-state index in [2.05, 4.69) is 11.1 Å². The summed E-state index contributed by atoms with van der Waals surface area (Å²) in [6.45, 7) is 3.71. The molecule has 6 heteroatoms. The van der Waals surface area contributed by atoms with Gasteiger partial charge in [-0.15, -0.1) is 0 Å². The summed E-state index contributed by atoms with van der Waals surface area (Å²) in [5.74, 6) is 0.395. The number of amides is 1. The van der Waals surface area contributed by atoms with E-state index in [0.29, 0.717) is 44.0 Å². The lowest BCUT2D eigenvalue weighted by Gasteiger charge is -2.44. The van der Waals surface area contributed by atoms with Crippen LogP contribution < -0.4 is 4.74 Å². The monoisotopic (exact) mass is 422 g/mol. The maximum absolute atomic E-state index is 11.9. The maximum atomic E-state index is 11.9. The van der Waals surface area contributed by atoms with E-state index in [9.17, 15) is 4.79 Å². The Morgan fingerprint density at radius 3 is 2.83 bits per heavy atom. The van der Waals surface area contributed by atoms with Crippen molar-refractivity contribution in [2.24, 2.45) is 0 Å². The van der Waals surface area contributed by atoms with Gasteiger partial charge in [0.15, 0.2) is 0 Å². The molecule has 0 radical (unpaired) electrons. The molecular formula is C24H23ClN2O3. The molecule has 2 aromatic carbocycles. The molecule has 0 bridgehead atoms. The lowest BCUT2D eigenvalue weighted by Crippen LogP contribution is -2.52. The highest BCUT2D eigenvalue weighted by Gasteiger charge is 2.41. The molecule has 0 aliphatic carbocycles. The number of benzene rings is 2. The first kappa shape index (κ1) is 19.3. The fourth-order valence-electron chi connectivity index (χ4n) is 4.30. The number of hydrogen-bond donors (Lipinski definition) is 0. The summed E-state index contributed by atoms with van der Waals surface area (Å²) in [5.41, 5.74) is 3.76. The zero-order valence-corrected chi connectivity index (χ0v) is 17.6. The summed E-state index contributed by atoms with van der Waals surface area (Å²) in [5, 5.41) is 1.67. The predicted octanol–water partition coefficient (Wildman–Crippen LogP) is 5.19. The van der Waals surface area contributed by atoms with Crippen LogP contribution in [-0.4, -0.2) is 34.7 Å². The normalized spacial score (nSPS) is 17.6. The number of aromatic nitrogens is 1. The summed E-state index contributed by atoms with van der Waals surface area (Å²) < 4.78 is 12.5. The van der Waals surface area contributed by atoms with Gasteiger partial charge in [-0.05, 0) is 23.8 Å². The van der Waals surface area contributed by atoms with E-state index in [4.69, 9.17) is 21.1 Å². The van der Waals surface area contributed by atoms with Gasteiger partial charge in [0, 0.05) is 55.1 Å². The minimum absolute atomic E-state index is 0.187. The van der Waals surface area contributed by atoms with Gasteiger partial charge in [0.25, 0.3) is 0 Å². The second-order valence-electron chi connectivity index (χ2n) is 7.86. The molecule has 30 heavy (non-hydrogen) atoms. The fraction of sp³-hybridized carbons (Fsp3) is 0.333. The largest absolute Gasteiger partial charge is 0.462 e. The second-order valence-corrected chi connectivity index (χ2v) is 8.24. The summed E-state index contributed by atoms with van der Waals surface area (Å²) in [6, 6.07) is 14.1. The van der Waals surface area contributed by atoms with E-state index in [0.717, 1.165) is 33.3 Å². The van der Waals surface area contributed by atoms with Crippen LogP contribution in [-0.2, 0) is 16.1 Å². The standard InChI is InChI=1S/C24H23ClN2O3/c1-2-21(28)27-12-9-24(10-13-27)29-15-18-14-17(6-8-20(18)30-24)19-7-5-16-4-3-11-26-23(16)22(19)25/h3-8,11,14H,2,9-10,12-13,15H2,1H3. The SMILES string of the molecule is CCC(=O)N1CCC2(CC1)OCc1cc(-c3ccc4cccnc4c3Cl)ccc1O2. The molecule has 154 valence electrons. The number of piperidine rings is 1. The van der Waals surface area contributed by atoms with E-state index >= 15 is 0 Å². The summed E-state index contributed by atoms with van der Waals surface area (Å²) in [4.78, 5) is 18.3. The van der Waals surface area contributed by atoms with Crippen LogP contribution in [0.1, 0.15) is 31.7 Å². The van der Waals surface area contributed by atoms with Crippen LogP contribution in [0.25, 0.3) is 22.0 Å². The molecule has 0 saturated carbocycles. The molecule has 0 atom stereocenters. The quantitative estimate of drug-likeness (QED) is 0.570. The molecule has 5 nitrogen and oxygen atoms in total. The Hall–Kier alpha value is -2.63. The molecule has 5 rings (SSSR count). The highest BCUT2D eigenvalue weighted by atomic mass is 35.5. The lowest BCUT2D eigenvalue weighted by atomic mass is 9.98. The summed E-state index contributed by atoms with van der Waals surface area (Å²) in [6.07, 6.45) is 3.66. The zero-order chi connectivity index (χ0) is 20.7. The van der Waals surface area contributed by atoms with E-state index in [-0.39, 0.29) is 5.91 Å². The van der Waals surface area contributed by atoms with E-state index in [1.807, 2.05) is 48.2 Å². The van der Waals surface area contributed by atoms with Crippen molar-refractivity contribution in [2.45, 2.75) is 38.6 Å². The number of ether oxygens (including phenoxy) is 2. The highest BCUT2D eigenvalue weighted by Crippen LogP contribution is 2.41. The Bertz CT molecular complexity index is 1120. The first-order valence-corrected chi connectivity index (χ1v) is 10.7. The highest BCUT2D eigenvalue weighted by molar-refractivity contribution is 6.37. The molecule has 1 spiro atoms. The third kappa shape index (κ3) is 3.32. The van der Waals surface area contributed by atoms with Gasteiger partial charge in [0.05, 0.1) is 17.1 Å². The first-order valence-electron chi connectivity index (χ1n) is 10.4. The molecule has 2 aliphatic rings. The van der Waals surface area contributed by atoms with Crippen molar-refractivity contribution >= 4 is 28.4 Å². The van der Waals surface area contributed by atoms with Gasteiger partial charge in [0.1, 0.15) is 5.75 Å². The predicted molar refractivity (Wildman–Crippen MR) is 116 cm³/mol. The van der Waals surface area contributed by atoms with Crippen molar-refractivity contribution in [3.8, 4) is 16.9 Å². The minimum Gasteiger partial charge on any atom is -0.462 e. The lowest BCUT2D eigenvalue weighted by molar-refractivity contribution is -0.227. The molecular weight excluding hydrogens is 400 g/mol. The Kier molecular flexibility index (Phi) is 4.88. The number of pyridine rings is 1. The third-order valence-corrected chi connectivity index (χ3v) is 6.43. The number of nitrogens with zero attached hydrogens (tertiary/aromatic N) is 2. The van der Waals surface area contributed by atoms with Gasteiger partial charge < -0.3 is 14.4 Å². The molecule has 2 aliphatic heterocycles. The smallest absolute Gasteiger partial charge is 0.222 e. The maximum Gasteiger partial charge on any atom is 0.222 e. The van der Waals surface area contributed by atoms with Gasteiger partial charge >= 0.3 is 0 Å². The average Bonchev–Trinajstić information content (AvgIpc) is 2.79. The molecule has 1 fully saturated rings. The van der Waals surface area contributed by atoms with Crippen LogP contribution in [0, 0.1) is 0 Å². The van der Waals surface area contributed by atoms with E-state index in [1.165, 1.54) is 0 Å². The second kappa shape index (κ2) is 7.56. The molecule has 1 aromatic heterocycles. The van der Waals surface area contributed by atoms with Gasteiger partial charge in [-0.3, -0.25) is 9.78 Å². The van der Waals surface area contributed by atoms with E-state index in [1.54, 1.807) is 6.20 Å². The van der Waals surface area contributed by atoms with Gasteiger partial charge in [-0.1, -0.05) is 42.8 Å². The van der Waals surface area contributed by atoms with Crippen LogP contribution in [0.4, 0.5) is 0 Å². The third-order valence-electron chi connectivity index (χ3n) is 6.05. The molecule has 1 saturated heterocycles. The number of hydrogen-bond acceptors (Lipinski definition) is 4. The number of rotatable bonds is 2. The van der Waals surface area contributed by atoms with Gasteiger partial charge in [-0.2, -0.15) is 0 Å². The van der Waals surface area contributed by atoms with Crippen molar-refractivity contribution in [1.82, 2.24) is 9.88 Å². The van der Waals surface area contributed by atoms with Gasteiger partial charge in [0.2, 0.25) is 11.7 Å². The number of halogens is 1. The van der Waals surface area contributed by atoms with Crippen molar-refractivity contribution in [2.75, 3.05) is 13.1 Å². The molecule has 1 amide bonds. The Labute approximate surface area is 180 Å². The number of carbonyl (C=O) groups excluding carboxylic acids is 1. The van der Waals surface area contributed by atoms with Gasteiger partial charge in [-0.25, -0.2) is 0 Å². The number of likely N-dealkylation sites (tertiary alicyclic amines) is 1. The van der Waals surface area contributed by atoms with Crippen LogP contribution in [0.15, 0.2) is 48.7 Å². The molecule has 3 aromatic rings. The van der Waals surface area contributed by atoms with Crippen LogP contribution in [0.5, 0.6) is 5.75 Å². The zero-order valence-electron chi connectivity index (χ0n) is 16.9. The topological polar surface area (TPSA) is 51.7 Å². The average molecular weight is 423 g/mol. The number of carbonyl (C=O) groups is 1. The number of fused-ring (bicyclic) bond motifs is 2. The van der Waals surface area contributed by atoms with Crippen molar-refractivity contribution in [3.05, 3.63) is 59.2 Å². The van der Waals surface area contributed by atoms with Crippen LogP contribution >= 0.6 is 11.6 Å². The van der Waals surface area contributed by atoms with Crippen molar-refractivity contribution < 1.29 is 14.3 Å². The Morgan fingerprint density at radius 1 is 1.20 bits per heavy atom.